The number of allylic oxidation sites excluding steroid dienone is 4. The maximum atomic E-state index is 2.67. The minimum Gasteiger partial charge on any atom is -0.0808 e. The maximum absolute atomic E-state index is 2.67. The molecule has 0 radical (unpaired) electrons. The Morgan fingerprint density at radius 1 is 0.769 bits per heavy atom. The van der Waals surface area contributed by atoms with Crippen molar-refractivity contribution in [3.63, 3.8) is 0 Å². The maximum Gasteiger partial charge on any atom is 0.115 e. The molecule has 0 bridgehead atoms. The molecule has 0 amide bonds. The van der Waals surface area contributed by atoms with Gasteiger partial charge in [0.15, 0.2) is 0 Å². The number of unbranched alkanes of at least 4 members (excludes halogenated alkanes) is 2. The highest BCUT2D eigenvalue weighted by molar-refractivity contribution is 6.98. The monoisotopic (exact) mass is 368 g/mol. The van der Waals surface area contributed by atoms with Gasteiger partial charge in [0.25, 0.3) is 0 Å². The SMILES string of the molecule is CCCCC1=CCC=C1[Si](C)(CCCC)c1c(C)c(C)c(C)c(C)c1C. The van der Waals surface area contributed by atoms with Crippen LogP contribution in [0.1, 0.15) is 80.2 Å². The zero-order valence-corrected chi connectivity index (χ0v) is 19.6. The van der Waals surface area contributed by atoms with Gasteiger partial charge in [-0.3, -0.25) is 0 Å². The molecule has 1 aromatic rings. The van der Waals surface area contributed by atoms with Gasteiger partial charge in [-0.05, 0) is 92.9 Å². The lowest BCUT2D eigenvalue weighted by Crippen LogP contribution is -2.50. The summed E-state index contributed by atoms with van der Waals surface area (Å²) < 4.78 is 0. The second-order valence-corrected chi connectivity index (χ2v) is 12.8. The molecule has 1 atom stereocenters. The van der Waals surface area contributed by atoms with E-state index in [-0.39, 0.29) is 0 Å². The van der Waals surface area contributed by atoms with Crippen LogP contribution in [0.5, 0.6) is 0 Å². The van der Waals surface area contributed by atoms with E-state index in [4.69, 9.17) is 0 Å². The summed E-state index contributed by atoms with van der Waals surface area (Å²) in [5.41, 5.74) is 9.40. The van der Waals surface area contributed by atoms with Crippen molar-refractivity contribution in [1.29, 1.82) is 0 Å². The van der Waals surface area contributed by atoms with E-state index >= 15 is 0 Å². The van der Waals surface area contributed by atoms with Crippen molar-refractivity contribution < 1.29 is 0 Å². The second kappa shape index (κ2) is 8.74. The van der Waals surface area contributed by atoms with Crippen molar-refractivity contribution >= 4 is 13.3 Å². The zero-order chi connectivity index (χ0) is 19.5. The molecule has 0 saturated heterocycles. The van der Waals surface area contributed by atoms with Gasteiger partial charge in [-0.25, -0.2) is 0 Å². The molecule has 0 aromatic heterocycles. The molecule has 144 valence electrons. The molecule has 0 saturated carbocycles. The Balaban J connectivity index is 2.64. The van der Waals surface area contributed by atoms with Gasteiger partial charge in [-0.1, -0.05) is 62.6 Å². The highest BCUT2D eigenvalue weighted by atomic mass is 28.3. The minimum absolute atomic E-state index is 1.16. The summed E-state index contributed by atoms with van der Waals surface area (Å²) >= 11 is 0. The average molecular weight is 369 g/mol. The lowest BCUT2D eigenvalue weighted by atomic mass is 9.95. The molecule has 1 aliphatic rings. The van der Waals surface area contributed by atoms with Crippen molar-refractivity contribution in [2.75, 3.05) is 0 Å². The summed E-state index contributed by atoms with van der Waals surface area (Å²) in [6.07, 6.45) is 12.8. The molecule has 1 unspecified atom stereocenters. The molecule has 26 heavy (non-hydrogen) atoms. The molecule has 1 aromatic carbocycles. The van der Waals surface area contributed by atoms with Crippen LogP contribution in [-0.4, -0.2) is 8.07 Å². The van der Waals surface area contributed by atoms with E-state index in [0.717, 1.165) is 6.42 Å². The van der Waals surface area contributed by atoms with Crippen LogP contribution in [0.2, 0.25) is 12.6 Å². The summed E-state index contributed by atoms with van der Waals surface area (Å²) in [5.74, 6) is 0. The van der Waals surface area contributed by atoms with E-state index < -0.39 is 8.07 Å². The normalized spacial score (nSPS) is 16.5. The fraction of sp³-hybridized carbons (Fsp3) is 0.600. The Hall–Kier alpha value is -1.08. The summed E-state index contributed by atoms with van der Waals surface area (Å²) in [6, 6.07) is 1.39. The van der Waals surface area contributed by atoms with Crippen molar-refractivity contribution in [3.05, 3.63) is 50.7 Å². The quantitative estimate of drug-likeness (QED) is 0.422. The molecule has 0 N–H and O–H groups in total. The van der Waals surface area contributed by atoms with E-state index in [0.29, 0.717) is 0 Å². The van der Waals surface area contributed by atoms with Gasteiger partial charge >= 0.3 is 0 Å². The minimum atomic E-state index is -1.71. The third kappa shape index (κ3) is 3.79. The highest BCUT2D eigenvalue weighted by Gasteiger charge is 2.38. The molecule has 0 aliphatic heterocycles. The first-order valence-electron chi connectivity index (χ1n) is 10.8. The zero-order valence-electron chi connectivity index (χ0n) is 18.6. The molecule has 0 spiro atoms. The molecule has 2 rings (SSSR count). The summed E-state index contributed by atoms with van der Waals surface area (Å²) in [4.78, 5) is 0. The molecule has 1 heteroatoms. The van der Waals surface area contributed by atoms with E-state index in [1.807, 2.05) is 0 Å². The molecule has 1 aliphatic carbocycles. The molecular formula is C25H40Si. The Morgan fingerprint density at radius 2 is 1.31 bits per heavy atom. The lowest BCUT2D eigenvalue weighted by Gasteiger charge is -2.36. The molecule has 0 nitrogen and oxygen atoms in total. The number of rotatable bonds is 8. The Labute approximate surface area is 163 Å². The largest absolute Gasteiger partial charge is 0.115 e. The van der Waals surface area contributed by atoms with Crippen molar-refractivity contribution in [2.24, 2.45) is 0 Å². The van der Waals surface area contributed by atoms with E-state index in [9.17, 15) is 0 Å². The topological polar surface area (TPSA) is 0 Å². The predicted octanol–water partition coefficient (Wildman–Crippen LogP) is 7.30. The van der Waals surface area contributed by atoms with Gasteiger partial charge in [0.05, 0.1) is 0 Å². The fourth-order valence-electron chi connectivity index (χ4n) is 5.00. The summed E-state index contributed by atoms with van der Waals surface area (Å²) in [7, 11) is -1.71. The van der Waals surface area contributed by atoms with Gasteiger partial charge in [0, 0.05) is 0 Å². The first kappa shape index (κ1) is 21.2. The summed E-state index contributed by atoms with van der Waals surface area (Å²) in [5, 5.41) is 3.52. The van der Waals surface area contributed by atoms with Crippen molar-refractivity contribution in [1.82, 2.24) is 0 Å². The van der Waals surface area contributed by atoms with Crippen LogP contribution < -0.4 is 5.19 Å². The van der Waals surface area contributed by atoms with Gasteiger partial charge in [-0.2, -0.15) is 0 Å². The summed E-state index contributed by atoms with van der Waals surface area (Å²) in [6.45, 7) is 19.1. The van der Waals surface area contributed by atoms with E-state index in [1.54, 1.807) is 27.1 Å². The van der Waals surface area contributed by atoms with Crippen LogP contribution in [0.3, 0.4) is 0 Å². The average Bonchev–Trinajstić information content (AvgIpc) is 3.10. The Kier molecular flexibility index (Phi) is 7.13. The fourth-order valence-corrected chi connectivity index (χ4v) is 10.4. The van der Waals surface area contributed by atoms with E-state index in [1.165, 1.54) is 54.8 Å². The Morgan fingerprint density at radius 3 is 1.85 bits per heavy atom. The third-order valence-electron chi connectivity index (χ3n) is 7.01. The highest BCUT2D eigenvalue weighted by Crippen LogP contribution is 2.37. The molecular weight excluding hydrogens is 328 g/mol. The molecule has 0 fully saturated rings. The third-order valence-corrected chi connectivity index (χ3v) is 11.9. The van der Waals surface area contributed by atoms with Crippen LogP contribution in [0, 0.1) is 34.6 Å². The van der Waals surface area contributed by atoms with Gasteiger partial charge in [-0.15, -0.1) is 0 Å². The smallest absolute Gasteiger partial charge is 0.0808 e. The van der Waals surface area contributed by atoms with E-state index in [2.05, 4.69) is 67.2 Å². The Bertz CT molecular complexity index is 691. The van der Waals surface area contributed by atoms with Gasteiger partial charge in [0.2, 0.25) is 0 Å². The predicted molar refractivity (Wildman–Crippen MR) is 121 cm³/mol. The standard InChI is InChI=1S/C25H40Si/c1-9-11-14-23-15-13-16-24(23)26(8,17-12-10-2)25-21(6)19(4)18(3)20(5)22(25)7/h15-16H,9-14,17H2,1-8H3. The first-order chi connectivity index (χ1) is 12.3. The first-order valence-corrected chi connectivity index (χ1v) is 13.5. The van der Waals surface area contributed by atoms with Gasteiger partial charge < -0.3 is 0 Å². The number of benzene rings is 1. The number of hydrogen-bond acceptors (Lipinski definition) is 0. The molecule has 0 heterocycles. The lowest BCUT2D eigenvalue weighted by molar-refractivity contribution is 0.795. The van der Waals surface area contributed by atoms with Crippen LogP contribution in [0.25, 0.3) is 0 Å². The van der Waals surface area contributed by atoms with Crippen LogP contribution in [0.15, 0.2) is 22.9 Å². The van der Waals surface area contributed by atoms with Crippen LogP contribution in [0.4, 0.5) is 0 Å². The van der Waals surface area contributed by atoms with Gasteiger partial charge in [0.1, 0.15) is 8.07 Å². The van der Waals surface area contributed by atoms with Crippen molar-refractivity contribution in [2.45, 2.75) is 99.6 Å². The number of hydrogen-bond donors (Lipinski definition) is 0. The van der Waals surface area contributed by atoms with Crippen LogP contribution >= 0.6 is 0 Å². The second-order valence-electron chi connectivity index (χ2n) is 8.62. The van der Waals surface area contributed by atoms with Crippen LogP contribution in [-0.2, 0) is 0 Å². The van der Waals surface area contributed by atoms with Crippen molar-refractivity contribution in [3.8, 4) is 0 Å².